The summed E-state index contributed by atoms with van der Waals surface area (Å²) in [6, 6.07) is 7.89. The summed E-state index contributed by atoms with van der Waals surface area (Å²) in [6.07, 6.45) is 3.77. The summed E-state index contributed by atoms with van der Waals surface area (Å²) in [5.41, 5.74) is 7.47. The minimum atomic E-state index is -0.206. The second-order valence-electron chi connectivity index (χ2n) is 7.03. The van der Waals surface area contributed by atoms with Crippen molar-refractivity contribution in [2.45, 2.75) is 38.0 Å². The largest absolute Gasteiger partial charge is 0.469 e. The van der Waals surface area contributed by atoms with Gasteiger partial charge in [-0.05, 0) is 37.2 Å². The summed E-state index contributed by atoms with van der Waals surface area (Å²) < 4.78 is 4.62. The van der Waals surface area contributed by atoms with Crippen molar-refractivity contribution < 1.29 is 14.3 Å². The second kappa shape index (κ2) is 9.94. The Morgan fingerprint density at radius 3 is 2.41 bits per heavy atom. The molecule has 0 saturated carbocycles. The molecule has 3 N–H and O–H groups in total. The van der Waals surface area contributed by atoms with Gasteiger partial charge in [0.25, 0.3) is 0 Å². The van der Waals surface area contributed by atoms with Crippen LogP contribution in [0.15, 0.2) is 24.3 Å². The fourth-order valence-electron chi connectivity index (χ4n) is 3.40. The number of nitrogens with one attached hydrogen (secondary N) is 1. The number of unbranched alkanes of at least 4 members (excludes halogenated alkanes) is 1. The first-order valence-electron chi connectivity index (χ1n) is 9.43. The quantitative estimate of drug-likeness (QED) is 0.331. The highest BCUT2D eigenvalue weighted by atomic mass is 16.5. The predicted octanol–water partition coefficient (Wildman–Crippen LogP) is 2.55. The van der Waals surface area contributed by atoms with Crippen LogP contribution in [0.25, 0.3) is 0 Å². The van der Waals surface area contributed by atoms with Crippen LogP contribution in [0.1, 0.15) is 49.1 Å². The maximum Gasteiger partial charge on any atom is 0.319 e. The molecule has 1 heterocycles. The summed E-state index contributed by atoms with van der Waals surface area (Å²) in [5.74, 6) is 0.305. The highest BCUT2D eigenvalue weighted by Crippen LogP contribution is 2.28. The zero-order chi connectivity index (χ0) is 19.8. The smallest absolute Gasteiger partial charge is 0.319 e. The van der Waals surface area contributed by atoms with Crippen molar-refractivity contribution in [3.05, 3.63) is 35.4 Å². The van der Waals surface area contributed by atoms with E-state index in [1.165, 1.54) is 12.7 Å². The topological polar surface area (TPSA) is 99.7 Å². The van der Waals surface area contributed by atoms with Crippen LogP contribution in [0.4, 0.5) is 4.79 Å². The van der Waals surface area contributed by atoms with Crippen LogP contribution >= 0.6 is 0 Å². The number of hydrogen-bond acceptors (Lipinski definition) is 4. The van der Waals surface area contributed by atoms with E-state index >= 15 is 0 Å². The van der Waals surface area contributed by atoms with Gasteiger partial charge in [0.05, 0.1) is 7.11 Å². The molecule has 0 spiro atoms. The van der Waals surface area contributed by atoms with Crippen LogP contribution in [0.5, 0.6) is 0 Å². The molecule has 0 unspecified atom stereocenters. The van der Waals surface area contributed by atoms with Gasteiger partial charge in [0.2, 0.25) is 0 Å². The summed E-state index contributed by atoms with van der Waals surface area (Å²) in [5, 5.41) is 7.46. The van der Waals surface area contributed by atoms with E-state index in [1.54, 1.807) is 4.90 Å². The average molecular weight is 374 g/mol. The van der Waals surface area contributed by atoms with Gasteiger partial charge in [0.15, 0.2) is 0 Å². The van der Waals surface area contributed by atoms with Crippen molar-refractivity contribution in [2.75, 3.05) is 33.8 Å². The molecule has 1 saturated heterocycles. The summed E-state index contributed by atoms with van der Waals surface area (Å²) >= 11 is 0. The third-order valence-electron chi connectivity index (χ3n) is 5.14. The van der Waals surface area contributed by atoms with Crippen molar-refractivity contribution in [3.63, 3.8) is 0 Å². The second-order valence-corrected chi connectivity index (χ2v) is 7.03. The Morgan fingerprint density at radius 2 is 1.85 bits per heavy atom. The lowest BCUT2D eigenvalue weighted by Crippen LogP contribution is -2.45. The van der Waals surface area contributed by atoms with Crippen molar-refractivity contribution in [1.82, 2.24) is 9.80 Å². The van der Waals surface area contributed by atoms with E-state index in [4.69, 9.17) is 11.1 Å². The Balaban J connectivity index is 1.76. The number of nitrogen functional groups attached to an aromatic ring is 1. The third-order valence-corrected chi connectivity index (χ3v) is 5.14. The fourth-order valence-corrected chi connectivity index (χ4v) is 3.40. The Labute approximate surface area is 161 Å². The van der Waals surface area contributed by atoms with Crippen LogP contribution in [0.2, 0.25) is 0 Å². The molecule has 1 aromatic carbocycles. The lowest BCUT2D eigenvalue weighted by atomic mass is 9.89. The molecule has 0 bridgehead atoms. The maximum atomic E-state index is 12.6. The molecule has 1 aliphatic heterocycles. The van der Waals surface area contributed by atoms with Crippen molar-refractivity contribution >= 4 is 17.8 Å². The number of urea groups is 1. The summed E-state index contributed by atoms with van der Waals surface area (Å²) in [7, 11) is 3.20. The van der Waals surface area contributed by atoms with Gasteiger partial charge in [-0.3, -0.25) is 10.2 Å². The lowest BCUT2D eigenvalue weighted by Gasteiger charge is -2.35. The third kappa shape index (κ3) is 5.98. The van der Waals surface area contributed by atoms with Gasteiger partial charge in [0, 0.05) is 38.7 Å². The van der Waals surface area contributed by atoms with Crippen LogP contribution < -0.4 is 5.73 Å². The molecular formula is C20H30N4O3. The molecule has 1 aromatic rings. The van der Waals surface area contributed by atoms with Crippen LogP contribution in [0.3, 0.4) is 0 Å². The van der Waals surface area contributed by atoms with Gasteiger partial charge in [-0.25, -0.2) is 4.79 Å². The number of nitrogens with two attached hydrogens (primary N) is 1. The molecular weight excluding hydrogens is 344 g/mol. The Hall–Kier alpha value is -2.57. The van der Waals surface area contributed by atoms with E-state index in [0.29, 0.717) is 18.9 Å². The molecule has 1 fully saturated rings. The monoisotopic (exact) mass is 374 g/mol. The minimum Gasteiger partial charge on any atom is -0.469 e. The lowest BCUT2D eigenvalue weighted by molar-refractivity contribution is -0.140. The van der Waals surface area contributed by atoms with Crippen LogP contribution in [-0.4, -0.2) is 61.4 Å². The number of hydrogen-bond donors (Lipinski definition) is 2. The Bertz CT molecular complexity index is 652. The van der Waals surface area contributed by atoms with E-state index in [1.807, 2.05) is 36.2 Å². The molecule has 2 amide bonds. The van der Waals surface area contributed by atoms with Crippen molar-refractivity contribution in [3.8, 4) is 0 Å². The molecule has 1 aliphatic rings. The molecule has 0 aliphatic carbocycles. The average Bonchev–Trinajstić information content (AvgIpc) is 2.70. The number of likely N-dealkylation sites (tertiary alicyclic amines) is 1. The molecule has 148 valence electrons. The summed E-state index contributed by atoms with van der Waals surface area (Å²) in [6.45, 7) is 2.12. The number of benzene rings is 1. The van der Waals surface area contributed by atoms with Crippen molar-refractivity contribution in [1.29, 1.82) is 5.41 Å². The first-order valence-corrected chi connectivity index (χ1v) is 9.43. The molecule has 0 radical (unpaired) electrons. The number of nitrogens with zero attached hydrogens (tertiary/aromatic N) is 2. The number of rotatable bonds is 7. The molecule has 2 rings (SSSR count). The SMILES string of the molecule is COC(=O)CCCCN(C)C(=O)N1CCC(c2ccc(C(=N)N)cc2)CC1. The molecule has 7 nitrogen and oxygen atoms in total. The number of carbonyl (C=O) groups excluding carboxylic acids is 2. The van der Waals surface area contributed by atoms with Crippen molar-refractivity contribution in [2.24, 2.45) is 5.73 Å². The molecule has 0 aromatic heterocycles. The van der Waals surface area contributed by atoms with E-state index in [2.05, 4.69) is 4.74 Å². The zero-order valence-electron chi connectivity index (χ0n) is 16.2. The van der Waals surface area contributed by atoms with E-state index in [-0.39, 0.29) is 17.8 Å². The first-order chi connectivity index (χ1) is 12.9. The molecule has 27 heavy (non-hydrogen) atoms. The van der Waals surface area contributed by atoms with E-state index < -0.39 is 0 Å². The summed E-state index contributed by atoms with van der Waals surface area (Å²) in [4.78, 5) is 27.3. The first kappa shape index (κ1) is 20.7. The highest BCUT2D eigenvalue weighted by molar-refractivity contribution is 5.94. The normalized spacial score (nSPS) is 14.7. The zero-order valence-corrected chi connectivity index (χ0v) is 16.2. The number of esters is 1. The number of piperidine rings is 1. The van der Waals surface area contributed by atoms with E-state index in [9.17, 15) is 9.59 Å². The van der Waals surface area contributed by atoms with Gasteiger partial charge in [-0.2, -0.15) is 0 Å². The number of amides is 2. The number of carbonyl (C=O) groups is 2. The fraction of sp³-hybridized carbons (Fsp3) is 0.550. The molecule has 0 atom stereocenters. The van der Waals surface area contributed by atoms with Crippen LogP contribution in [0, 0.1) is 5.41 Å². The number of methoxy groups -OCH3 is 1. The van der Waals surface area contributed by atoms with Gasteiger partial charge in [-0.1, -0.05) is 24.3 Å². The van der Waals surface area contributed by atoms with Gasteiger partial charge < -0.3 is 20.3 Å². The standard InChI is InChI=1S/C20H30N4O3/c1-23(12-4-3-5-18(25)27-2)20(26)24-13-10-16(11-14-24)15-6-8-17(9-7-15)19(21)22/h6-9,16H,3-5,10-14H2,1-2H3,(H3,21,22). The van der Waals surface area contributed by atoms with Gasteiger partial charge in [-0.15, -0.1) is 0 Å². The predicted molar refractivity (Wildman–Crippen MR) is 105 cm³/mol. The molecule has 7 heteroatoms. The van der Waals surface area contributed by atoms with Crippen LogP contribution in [-0.2, 0) is 9.53 Å². The number of ether oxygens (including phenoxy) is 1. The Morgan fingerprint density at radius 1 is 1.22 bits per heavy atom. The maximum absolute atomic E-state index is 12.6. The van der Waals surface area contributed by atoms with E-state index in [0.717, 1.165) is 44.3 Å². The Kier molecular flexibility index (Phi) is 7.64. The highest BCUT2D eigenvalue weighted by Gasteiger charge is 2.25. The van der Waals surface area contributed by atoms with Gasteiger partial charge in [0.1, 0.15) is 5.84 Å². The minimum absolute atomic E-state index is 0.0541. The van der Waals surface area contributed by atoms with Gasteiger partial charge >= 0.3 is 12.0 Å². The number of amidine groups is 1.